The Balaban J connectivity index is 2.54. The van der Waals surface area contributed by atoms with Crippen molar-refractivity contribution >= 4 is 5.97 Å². The van der Waals surface area contributed by atoms with Crippen molar-refractivity contribution in [1.82, 2.24) is 0 Å². The summed E-state index contributed by atoms with van der Waals surface area (Å²) < 4.78 is 4.68. The van der Waals surface area contributed by atoms with E-state index in [9.17, 15) is 4.79 Å². The fourth-order valence-corrected chi connectivity index (χ4v) is 2.48. The molecule has 0 aromatic carbocycles. The third-order valence-corrected chi connectivity index (χ3v) is 3.71. The van der Waals surface area contributed by atoms with E-state index in [0.29, 0.717) is 18.3 Å². The molecule has 0 unspecified atom stereocenters. The van der Waals surface area contributed by atoms with Crippen LogP contribution in [0, 0.1) is 17.3 Å². The molecule has 1 aliphatic carbocycles. The number of hydrogen-bond acceptors (Lipinski definition) is 2. The second kappa shape index (κ2) is 3.76. The first-order chi connectivity index (χ1) is 6.39. The summed E-state index contributed by atoms with van der Waals surface area (Å²) in [7, 11) is 1.45. The number of carbonyl (C=O) groups is 1. The lowest BCUT2D eigenvalue weighted by Crippen LogP contribution is -2.46. The molecule has 0 aliphatic heterocycles. The predicted octanol–water partition coefficient (Wildman–Crippen LogP) is 2.79. The quantitative estimate of drug-likeness (QED) is 0.512. The number of carbonyl (C=O) groups excluding carboxylic acids is 1. The van der Waals surface area contributed by atoms with Crippen LogP contribution in [0.1, 0.15) is 33.6 Å². The van der Waals surface area contributed by atoms with Gasteiger partial charge in [-0.15, -0.1) is 0 Å². The molecule has 0 aromatic rings. The van der Waals surface area contributed by atoms with Gasteiger partial charge in [0.05, 0.1) is 7.11 Å². The zero-order chi connectivity index (χ0) is 10.9. The second-order valence-corrected chi connectivity index (χ2v) is 4.93. The van der Waals surface area contributed by atoms with Crippen molar-refractivity contribution < 1.29 is 9.53 Å². The van der Waals surface area contributed by atoms with E-state index in [2.05, 4.69) is 32.1 Å². The maximum atomic E-state index is 11.1. The van der Waals surface area contributed by atoms with E-state index in [1.165, 1.54) is 12.7 Å². The number of esters is 1. The Morgan fingerprint density at radius 2 is 2.14 bits per heavy atom. The molecular formula is C12H20O2. The minimum absolute atomic E-state index is 0.0942. The van der Waals surface area contributed by atoms with Gasteiger partial charge < -0.3 is 4.74 Å². The Morgan fingerprint density at radius 3 is 2.50 bits per heavy atom. The van der Waals surface area contributed by atoms with E-state index in [1.54, 1.807) is 0 Å². The van der Waals surface area contributed by atoms with Gasteiger partial charge in [-0.1, -0.05) is 26.0 Å². The van der Waals surface area contributed by atoms with Gasteiger partial charge in [0.1, 0.15) is 0 Å². The fraction of sp³-hybridized carbons (Fsp3) is 0.750. The molecule has 2 nitrogen and oxygen atoms in total. The molecule has 1 saturated carbocycles. The Bertz CT molecular complexity index is 253. The molecule has 1 fully saturated rings. The SMILES string of the molecule is C=C(C)[C@H]1C[C@H](CC(=O)OC)C1(C)C. The van der Waals surface area contributed by atoms with Gasteiger partial charge in [0.25, 0.3) is 0 Å². The fourth-order valence-electron chi connectivity index (χ4n) is 2.48. The molecule has 0 radical (unpaired) electrons. The highest BCUT2D eigenvalue weighted by Gasteiger charge is 2.48. The van der Waals surface area contributed by atoms with Crippen molar-refractivity contribution in [1.29, 1.82) is 0 Å². The molecule has 0 saturated heterocycles. The van der Waals surface area contributed by atoms with Crippen LogP contribution in [0.25, 0.3) is 0 Å². The van der Waals surface area contributed by atoms with Gasteiger partial charge in [-0.25, -0.2) is 0 Å². The maximum absolute atomic E-state index is 11.1. The zero-order valence-corrected chi connectivity index (χ0v) is 9.59. The highest BCUT2D eigenvalue weighted by molar-refractivity contribution is 5.69. The lowest BCUT2D eigenvalue weighted by molar-refractivity contribution is -0.146. The topological polar surface area (TPSA) is 26.3 Å². The molecule has 0 bridgehead atoms. The molecule has 2 heteroatoms. The van der Waals surface area contributed by atoms with Crippen LogP contribution < -0.4 is 0 Å². The van der Waals surface area contributed by atoms with Crippen molar-refractivity contribution in [3.63, 3.8) is 0 Å². The van der Waals surface area contributed by atoms with Crippen LogP contribution in [0.3, 0.4) is 0 Å². The van der Waals surface area contributed by atoms with Crippen molar-refractivity contribution in [2.75, 3.05) is 7.11 Å². The third-order valence-electron chi connectivity index (χ3n) is 3.71. The zero-order valence-electron chi connectivity index (χ0n) is 9.59. The van der Waals surface area contributed by atoms with Gasteiger partial charge in [0.15, 0.2) is 0 Å². The molecule has 1 rings (SSSR count). The van der Waals surface area contributed by atoms with Gasteiger partial charge in [-0.05, 0) is 30.6 Å². The lowest BCUT2D eigenvalue weighted by atomic mass is 9.52. The Hall–Kier alpha value is -0.790. The molecular weight excluding hydrogens is 176 g/mol. The van der Waals surface area contributed by atoms with E-state index in [1.807, 2.05) is 0 Å². The summed E-state index contributed by atoms with van der Waals surface area (Å²) in [5.74, 6) is 0.928. The third kappa shape index (κ3) is 1.84. The first-order valence-electron chi connectivity index (χ1n) is 5.11. The molecule has 0 spiro atoms. The predicted molar refractivity (Wildman–Crippen MR) is 56.8 cm³/mol. The first-order valence-corrected chi connectivity index (χ1v) is 5.11. The number of ether oxygens (including phenoxy) is 1. The molecule has 0 heterocycles. The van der Waals surface area contributed by atoms with Crippen molar-refractivity contribution in [3.8, 4) is 0 Å². The smallest absolute Gasteiger partial charge is 0.305 e. The second-order valence-electron chi connectivity index (χ2n) is 4.93. The molecule has 1 aliphatic rings. The van der Waals surface area contributed by atoms with Gasteiger partial charge in [-0.3, -0.25) is 4.79 Å². The Morgan fingerprint density at radius 1 is 1.57 bits per heavy atom. The average molecular weight is 196 g/mol. The van der Waals surface area contributed by atoms with E-state index >= 15 is 0 Å². The highest BCUT2D eigenvalue weighted by Crippen LogP contribution is 2.55. The summed E-state index contributed by atoms with van der Waals surface area (Å²) in [6.45, 7) is 10.5. The molecule has 2 atom stereocenters. The van der Waals surface area contributed by atoms with Crippen LogP contribution in [0.4, 0.5) is 0 Å². The average Bonchev–Trinajstić information content (AvgIpc) is 2.10. The van der Waals surface area contributed by atoms with Gasteiger partial charge >= 0.3 is 5.97 Å². The van der Waals surface area contributed by atoms with Crippen LogP contribution in [-0.4, -0.2) is 13.1 Å². The molecule has 80 valence electrons. The summed E-state index contributed by atoms with van der Waals surface area (Å²) >= 11 is 0. The number of methoxy groups -OCH3 is 1. The van der Waals surface area contributed by atoms with Crippen molar-refractivity contribution in [3.05, 3.63) is 12.2 Å². The maximum Gasteiger partial charge on any atom is 0.305 e. The summed E-state index contributed by atoms with van der Waals surface area (Å²) in [4.78, 5) is 11.1. The molecule has 14 heavy (non-hydrogen) atoms. The Labute approximate surface area is 86.3 Å². The van der Waals surface area contributed by atoms with E-state index in [4.69, 9.17) is 0 Å². The van der Waals surface area contributed by atoms with E-state index in [0.717, 1.165) is 6.42 Å². The minimum atomic E-state index is -0.0942. The summed E-state index contributed by atoms with van der Waals surface area (Å²) in [6, 6.07) is 0. The van der Waals surface area contributed by atoms with Crippen molar-refractivity contribution in [2.45, 2.75) is 33.6 Å². The summed E-state index contributed by atoms with van der Waals surface area (Å²) in [5.41, 5.74) is 1.44. The molecule has 0 N–H and O–H groups in total. The molecule has 0 aromatic heterocycles. The lowest BCUT2D eigenvalue weighted by Gasteiger charge is -2.52. The van der Waals surface area contributed by atoms with Crippen LogP contribution >= 0.6 is 0 Å². The standard InChI is InChI=1S/C12H20O2/c1-8(2)10-6-9(12(10,3)4)7-11(13)14-5/h9-10H,1,6-7H2,2-5H3/t9-,10-/m1/s1. The van der Waals surface area contributed by atoms with E-state index in [-0.39, 0.29) is 11.4 Å². The minimum Gasteiger partial charge on any atom is -0.469 e. The van der Waals surface area contributed by atoms with Crippen LogP contribution in [0.5, 0.6) is 0 Å². The summed E-state index contributed by atoms with van der Waals surface area (Å²) in [5, 5.41) is 0. The summed E-state index contributed by atoms with van der Waals surface area (Å²) in [6.07, 6.45) is 1.63. The van der Waals surface area contributed by atoms with Crippen LogP contribution in [-0.2, 0) is 9.53 Å². The first kappa shape index (κ1) is 11.3. The number of rotatable bonds is 3. The molecule has 0 amide bonds. The van der Waals surface area contributed by atoms with Gasteiger partial charge in [0, 0.05) is 6.42 Å². The number of allylic oxidation sites excluding steroid dienone is 1. The number of hydrogen-bond donors (Lipinski definition) is 0. The van der Waals surface area contributed by atoms with Gasteiger partial charge in [-0.2, -0.15) is 0 Å². The van der Waals surface area contributed by atoms with Crippen LogP contribution in [0.2, 0.25) is 0 Å². The van der Waals surface area contributed by atoms with Crippen LogP contribution in [0.15, 0.2) is 12.2 Å². The monoisotopic (exact) mass is 196 g/mol. The van der Waals surface area contributed by atoms with E-state index < -0.39 is 0 Å². The largest absolute Gasteiger partial charge is 0.469 e. The Kier molecular flexibility index (Phi) is 3.03. The normalized spacial score (nSPS) is 29.1. The highest BCUT2D eigenvalue weighted by atomic mass is 16.5. The van der Waals surface area contributed by atoms with Crippen molar-refractivity contribution in [2.24, 2.45) is 17.3 Å². The van der Waals surface area contributed by atoms with Gasteiger partial charge in [0.2, 0.25) is 0 Å².